The highest BCUT2D eigenvalue weighted by atomic mass is 32.1. The standard InChI is InChI=1S/C10H15NO2S/c1-4-7-5-14-9(11-7)8(6(2)3)10(12)13/h5-6,8H,4H2,1-3H3,(H,12,13). The SMILES string of the molecule is CCc1csc(C(C(=O)O)C(C)C)n1. The zero-order chi connectivity index (χ0) is 10.7. The first-order valence-corrected chi connectivity index (χ1v) is 5.61. The summed E-state index contributed by atoms with van der Waals surface area (Å²) in [5.41, 5.74) is 0.983. The predicted octanol–water partition coefficient (Wildman–Crippen LogP) is 2.53. The average molecular weight is 213 g/mol. The fraction of sp³-hybridized carbons (Fsp3) is 0.600. The van der Waals surface area contributed by atoms with Gasteiger partial charge in [0.2, 0.25) is 0 Å². The van der Waals surface area contributed by atoms with E-state index in [2.05, 4.69) is 4.98 Å². The van der Waals surface area contributed by atoms with E-state index in [0.29, 0.717) is 0 Å². The van der Waals surface area contributed by atoms with Crippen LogP contribution in [-0.4, -0.2) is 16.1 Å². The van der Waals surface area contributed by atoms with Crippen molar-refractivity contribution in [1.82, 2.24) is 4.98 Å². The molecular formula is C10H15NO2S. The van der Waals surface area contributed by atoms with Crippen molar-refractivity contribution in [1.29, 1.82) is 0 Å². The number of aryl methyl sites for hydroxylation is 1. The molecule has 1 atom stereocenters. The predicted molar refractivity (Wildman–Crippen MR) is 56.7 cm³/mol. The van der Waals surface area contributed by atoms with Crippen molar-refractivity contribution in [3.8, 4) is 0 Å². The molecule has 0 aromatic carbocycles. The van der Waals surface area contributed by atoms with Crippen LogP contribution in [0, 0.1) is 5.92 Å². The van der Waals surface area contributed by atoms with Crippen LogP contribution in [0.5, 0.6) is 0 Å². The topological polar surface area (TPSA) is 50.2 Å². The summed E-state index contributed by atoms with van der Waals surface area (Å²) in [6, 6.07) is 0. The second kappa shape index (κ2) is 4.55. The van der Waals surface area contributed by atoms with Gasteiger partial charge >= 0.3 is 5.97 Å². The van der Waals surface area contributed by atoms with Crippen molar-refractivity contribution in [3.05, 3.63) is 16.1 Å². The van der Waals surface area contributed by atoms with Crippen LogP contribution in [0.2, 0.25) is 0 Å². The quantitative estimate of drug-likeness (QED) is 0.836. The minimum absolute atomic E-state index is 0.0864. The Bertz CT molecular complexity index is 320. The van der Waals surface area contributed by atoms with Crippen LogP contribution in [0.1, 0.15) is 37.4 Å². The number of thiazole rings is 1. The van der Waals surface area contributed by atoms with Crippen LogP contribution in [0.4, 0.5) is 0 Å². The molecule has 1 rings (SSSR count). The second-order valence-electron chi connectivity index (χ2n) is 3.59. The first-order chi connectivity index (χ1) is 6.56. The number of carbonyl (C=O) groups is 1. The first-order valence-electron chi connectivity index (χ1n) is 4.73. The highest BCUT2D eigenvalue weighted by Gasteiger charge is 2.26. The summed E-state index contributed by atoms with van der Waals surface area (Å²) in [6.45, 7) is 5.83. The molecule has 4 heteroatoms. The molecule has 0 saturated carbocycles. The number of aliphatic carboxylic acids is 1. The van der Waals surface area contributed by atoms with Crippen molar-refractivity contribution in [3.63, 3.8) is 0 Å². The van der Waals surface area contributed by atoms with E-state index in [0.717, 1.165) is 17.1 Å². The molecule has 1 aromatic rings. The molecule has 0 radical (unpaired) electrons. The number of hydrogen-bond acceptors (Lipinski definition) is 3. The fourth-order valence-corrected chi connectivity index (χ4v) is 2.47. The smallest absolute Gasteiger partial charge is 0.313 e. The van der Waals surface area contributed by atoms with E-state index in [1.165, 1.54) is 11.3 Å². The maximum Gasteiger partial charge on any atom is 0.313 e. The summed E-state index contributed by atoms with van der Waals surface area (Å²) in [6.07, 6.45) is 0.862. The normalized spacial score (nSPS) is 13.1. The zero-order valence-corrected chi connectivity index (χ0v) is 9.47. The molecule has 0 aliphatic carbocycles. The molecule has 0 spiro atoms. The molecule has 0 bridgehead atoms. The second-order valence-corrected chi connectivity index (χ2v) is 4.48. The van der Waals surface area contributed by atoms with Crippen molar-refractivity contribution in [2.24, 2.45) is 5.92 Å². The average Bonchev–Trinajstić information content (AvgIpc) is 2.51. The molecule has 0 fully saturated rings. The molecule has 78 valence electrons. The number of aromatic nitrogens is 1. The largest absolute Gasteiger partial charge is 0.481 e. The van der Waals surface area contributed by atoms with Gasteiger partial charge in [0.1, 0.15) is 10.9 Å². The molecule has 0 amide bonds. The molecule has 14 heavy (non-hydrogen) atoms. The molecule has 1 aromatic heterocycles. The zero-order valence-electron chi connectivity index (χ0n) is 8.65. The van der Waals surface area contributed by atoms with Crippen LogP contribution < -0.4 is 0 Å². The number of rotatable bonds is 4. The Morgan fingerprint density at radius 1 is 1.64 bits per heavy atom. The summed E-state index contributed by atoms with van der Waals surface area (Å²) < 4.78 is 0. The maximum atomic E-state index is 11.0. The lowest BCUT2D eigenvalue weighted by atomic mass is 9.97. The van der Waals surface area contributed by atoms with E-state index in [1.807, 2.05) is 26.2 Å². The van der Waals surface area contributed by atoms with Gasteiger partial charge < -0.3 is 5.11 Å². The Kier molecular flexibility index (Phi) is 3.63. The van der Waals surface area contributed by atoms with Gasteiger partial charge in [-0.1, -0.05) is 20.8 Å². The summed E-state index contributed by atoms with van der Waals surface area (Å²) in [7, 11) is 0. The van der Waals surface area contributed by atoms with Crippen LogP contribution in [0.25, 0.3) is 0 Å². The van der Waals surface area contributed by atoms with Gasteiger partial charge in [0.05, 0.1) is 5.69 Å². The van der Waals surface area contributed by atoms with Crippen LogP contribution in [0.3, 0.4) is 0 Å². The van der Waals surface area contributed by atoms with Crippen molar-refractivity contribution in [2.45, 2.75) is 33.1 Å². The minimum atomic E-state index is -0.781. The van der Waals surface area contributed by atoms with Gasteiger partial charge in [0.25, 0.3) is 0 Å². The van der Waals surface area contributed by atoms with Gasteiger partial charge in [0.15, 0.2) is 0 Å². The van der Waals surface area contributed by atoms with Crippen LogP contribution >= 0.6 is 11.3 Å². The van der Waals surface area contributed by atoms with Crippen molar-refractivity contribution >= 4 is 17.3 Å². The molecule has 1 heterocycles. The van der Waals surface area contributed by atoms with E-state index in [1.54, 1.807) is 0 Å². The third-order valence-electron chi connectivity index (χ3n) is 2.13. The molecule has 0 aliphatic rings. The summed E-state index contributed by atoms with van der Waals surface area (Å²) in [4.78, 5) is 15.3. The lowest BCUT2D eigenvalue weighted by Crippen LogP contribution is -2.17. The fourth-order valence-electron chi connectivity index (χ4n) is 1.30. The third kappa shape index (κ3) is 2.32. The van der Waals surface area contributed by atoms with Gasteiger partial charge in [-0.05, 0) is 12.3 Å². The highest BCUT2D eigenvalue weighted by Crippen LogP contribution is 2.27. The highest BCUT2D eigenvalue weighted by molar-refractivity contribution is 7.09. The Labute approximate surface area is 87.8 Å². The molecule has 1 N–H and O–H groups in total. The molecule has 0 saturated heterocycles. The lowest BCUT2D eigenvalue weighted by Gasteiger charge is -2.12. The molecular weight excluding hydrogens is 198 g/mol. The Morgan fingerprint density at radius 2 is 2.29 bits per heavy atom. The summed E-state index contributed by atoms with van der Waals surface area (Å²) in [5, 5.41) is 11.7. The van der Waals surface area contributed by atoms with Crippen LogP contribution in [0.15, 0.2) is 5.38 Å². The van der Waals surface area contributed by atoms with Gasteiger partial charge in [-0.25, -0.2) is 4.98 Å². The Hall–Kier alpha value is -0.900. The number of carboxylic acid groups (broad SMARTS) is 1. The van der Waals surface area contributed by atoms with Crippen molar-refractivity contribution < 1.29 is 9.90 Å². The van der Waals surface area contributed by atoms with Gasteiger partial charge in [-0.15, -0.1) is 11.3 Å². The van der Waals surface area contributed by atoms with Crippen molar-refractivity contribution in [2.75, 3.05) is 0 Å². The number of nitrogens with zero attached hydrogens (tertiary/aromatic N) is 1. The molecule has 0 aliphatic heterocycles. The summed E-state index contributed by atoms with van der Waals surface area (Å²) >= 11 is 1.45. The minimum Gasteiger partial charge on any atom is -0.481 e. The molecule has 3 nitrogen and oxygen atoms in total. The lowest BCUT2D eigenvalue weighted by molar-refractivity contribution is -0.139. The first kappa shape index (κ1) is 11.2. The van der Waals surface area contributed by atoms with E-state index >= 15 is 0 Å². The van der Waals surface area contributed by atoms with E-state index < -0.39 is 11.9 Å². The van der Waals surface area contributed by atoms with Gasteiger partial charge in [-0.2, -0.15) is 0 Å². The third-order valence-corrected chi connectivity index (χ3v) is 3.11. The van der Waals surface area contributed by atoms with Gasteiger partial charge in [-0.3, -0.25) is 4.79 Å². The Morgan fingerprint density at radius 3 is 2.64 bits per heavy atom. The maximum absolute atomic E-state index is 11.0. The summed E-state index contributed by atoms with van der Waals surface area (Å²) in [5.74, 6) is -1.15. The van der Waals surface area contributed by atoms with E-state index in [-0.39, 0.29) is 5.92 Å². The van der Waals surface area contributed by atoms with Crippen LogP contribution in [-0.2, 0) is 11.2 Å². The van der Waals surface area contributed by atoms with E-state index in [9.17, 15) is 4.79 Å². The Balaban J connectivity index is 2.93. The van der Waals surface area contributed by atoms with E-state index in [4.69, 9.17) is 5.11 Å². The monoisotopic (exact) mass is 213 g/mol. The van der Waals surface area contributed by atoms with Gasteiger partial charge in [0, 0.05) is 5.38 Å². The number of hydrogen-bond donors (Lipinski definition) is 1. The molecule has 1 unspecified atom stereocenters. The number of carboxylic acids is 1.